The molecule has 94 valence electrons. The summed E-state index contributed by atoms with van der Waals surface area (Å²) in [6.07, 6.45) is 2.80. The van der Waals surface area contributed by atoms with E-state index in [1.54, 1.807) is 0 Å². The molecule has 1 aliphatic carbocycles. The van der Waals surface area contributed by atoms with E-state index in [2.05, 4.69) is 75.2 Å². The first-order chi connectivity index (χ1) is 8.68. The van der Waals surface area contributed by atoms with Gasteiger partial charge in [0.05, 0.1) is 0 Å². The molecule has 0 amide bonds. The number of fused-ring (bicyclic) bond motifs is 1. The maximum absolute atomic E-state index is 3.92. The van der Waals surface area contributed by atoms with Gasteiger partial charge in [-0.1, -0.05) is 69.1 Å². The minimum absolute atomic E-state index is 0.461. The molecule has 2 aromatic rings. The molecule has 0 heterocycles. The van der Waals surface area contributed by atoms with E-state index < -0.39 is 0 Å². The maximum Gasteiger partial charge on any atom is 0.0429 e. The predicted molar refractivity (Wildman–Crippen MR) is 85.2 cm³/mol. The fourth-order valence-corrected chi connectivity index (χ4v) is 3.98. The minimum Gasteiger partial charge on any atom is -0.0836 e. The van der Waals surface area contributed by atoms with Crippen LogP contribution in [0.4, 0.5) is 0 Å². The molecule has 0 aliphatic heterocycles. The summed E-state index contributed by atoms with van der Waals surface area (Å²) in [5, 5.41) is 2.67. The van der Waals surface area contributed by atoms with Crippen molar-refractivity contribution >= 4 is 42.6 Å². The van der Waals surface area contributed by atoms with Gasteiger partial charge in [-0.3, -0.25) is 0 Å². The quantitative estimate of drug-likeness (QED) is 0.576. The molecule has 2 heteroatoms. The van der Waals surface area contributed by atoms with Gasteiger partial charge in [-0.15, -0.1) is 0 Å². The Morgan fingerprint density at radius 3 is 2.39 bits per heavy atom. The Hall–Kier alpha value is -0.340. The van der Waals surface area contributed by atoms with E-state index in [-0.39, 0.29) is 0 Å². The van der Waals surface area contributed by atoms with Crippen molar-refractivity contribution in [2.24, 2.45) is 11.8 Å². The Labute approximate surface area is 125 Å². The molecular weight excluding hydrogens is 352 g/mol. The molecule has 0 spiro atoms. The average molecular weight is 368 g/mol. The average Bonchev–Trinajstić information content (AvgIpc) is 3.22. The van der Waals surface area contributed by atoms with Crippen LogP contribution in [-0.4, -0.2) is 0 Å². The second-order valence-corrected chi connectivity index (χ2v) is 7.12. The van der Waals surface area contributed by atoms with E-state index in [0.29, 0.717) is 4.83 Å². The van der Waals surface area contributed by atoms with Gasteiger partial charge in [-0.25, -0.2) is 0 Å². The zero-order valence-corrected chi connectivity index (χ0v) is 13.5. The van der Waals surface area contributed by atoms with Gasteiger partial charge in [0.2, 0.25) is 0 Å². The van der Waals surface area contributed by atoms with Crippen molar-refractivity contribution in [2.75, 3.05) is 0 Å². The van der Waals surface area contributed by atoms with Crippen LogP contribution in [0.2, 0.25) is 0 Å². The summed E-state index contributed by atoms with van der Waals surface area (Å²) in [4.78, 5) is 0.461. The Balaban J connectivity index is 2.08. The molecule has 0 saturated heterocycles. The molecule has 0 radical (unpaired) electrons. The molecule has 0 nitrogen and oxygen atoms in total. The van der Waals surface area contributed by atoms with Crippen LogP contribution in [0.1, 0.15) is 30.2 Å². The Morgan fingerprint density at radius 2 is 1.72 bits per heavy atom. The van der Waals surface area contributed by atoms with Crippen LogP contribution in [0.25, 0.3) is 10.8 Å². The van der Waals surface area contributed by atoms with Crippen molar-refractivity contribution in [3.8, 4) is 0 Å². The van der Waals surface area contributed by atoms with E-state index in [9.17, 15) is 0 Å². The van der Waals surface area contributed by atoms with Gasteiger partial charge in [0.25, 0.3) is 0 Å². The molecular formula is C16H16Br2. The summed E-state index contributed by atoms with van der Waals surface area (Å²) in [5.41, 5.74) is 1.42. The number of halogens is 2. The van der Waals surface area contributed by atoms with Gasteiger partial charge in [0.15, 0.2) is 0 Å². The number of benzene rings is 2. The van der Waals surface area contributed by atoms with Crippen LogP contribution in [0.5, 0.6) is 0 Å². The van der Waals surface area contributed by atoms with Crippen molar-refractivity contribution in [3.63, 3.8) is 0 Å². The lowest BCUT2D eigenvalue weighted by atomic mass is 9.93. The summed E-state index contributed by atoms with van der Waals surface area (Å²) in [5.74, 6) is 1.63. The van der Waals surface area contributed by atoms with Gasteiger partial charge in [-0.05, 0) is 47.1 Å². The molecule has 0 aromatic heterocycles. The number of hydrogen-bond donors (Lipinski definition) is 0. The van der Waals surface area contributed by atoms with Gasteiger partial charge in [0.1, 0.15) is 0 Å². The Bertz CT molecular complexity index is 572. The lowest BCUT2D eigenvalue weighted by Gasteiger charge is -2.20. The third-order valence-electron chi connectivity index (χ3n) is 4.03. The van der Waals surface area contributed by atoms with E-state index in [1.165, 1.54) is 33.7 Å². The van der Waals surface area contributed by atoms with Crippen LogP contribution in [0, 0.1) is 11.8 Å². The summed E-state index contributed by atoms with van der Waals surface area (Å²) in [7, 11) is 0. The summed E-state index contributed by atoms with van der Waals surface area (Å²) < 4.78 is 1.18. The normalized spacial score (nSPS) is 18.8. The molecule has 2 unspecified atom stereocenters. The molecule has 0 bridgehead atoms. The largest absolute Gasteiger partial charge is 0.0836 e. The minimum atomic E-state index is 0.461. The van der Waals surface area contributed by atoms with Crippen molar-refractivity contribution in [3.05, 3.63) is 46.4 Å². The zero-order chi connectivity index (χ0) is 12.7. The third-order valence-corrected chi connectivity index (χ3v) is 6.05. The van der Waals surface area contributed by atoms with Crippen LogP contribution >= 0.6 is 31.9 Å². The van der Waals surface area contributed by atoms with Gasteiger partial charge >= 0.3 is 0 Å². The van der Waals surface area contributed by atoms with E-state index in [1.807, 2.05) is 0 Å². The lowest BCUT2D eigenvalue weighted by molar-refractivity contribution is 0.504. The van der Waals surface area contributed by atoms with Gasteiger partial charge in [0, 0.05) is 9.30 Å². The van der Waals surface area contributed by atoms with E-state index in [0.717, 1.165) is 11.8 Å². The fourth-order valence-electron chi connectivity index (χ4n) is 2.67. The number of hydrogen-bond acceptors (Lipinski definition) is 0. The summed E-state index contributed by atoms with van der Waals surface area (Å²) >= 11 is 7.57. The Kier molecular flexibility index (Phi) is 3.50. The van der Waals surface area contributed by atoms with Gasteiger partial charge in [-0.2, -0.15) is 0 Å². The SMILES string of the molecule is CC(C1CC1)C(Br)c1ccc(Br)c2ccccc12. The molecule has 1 saturated carbocycles. The zero-order valence-electron chi connectivity index (χ0n) is 10.4. The van der Waals surface area contributed by atoms with Crippen molar-refractivity contribution < 1.29 is 0 Å². The first kappa shape index (κ1) is 12.7. The fraction of sp³-hybridized carbons (Fsp3) is 0.375. The van der Waals surface area contributed by atoms with Crippen molar-refractivity contribution in [1.82, 2.24) is 0 Å². The third kappa shape index (κ3) is 2.25. The summed E-state index contributed by atoms with van der Waals surface area (Å²) in [6, 6.07) is 13.1. The second kappa shape index (κ2) is 4.97. The first-order valence-corrected chi connectivity index (χ1v) is 8.20. The highest BCUT2D eigenvalue weighted by atomic mass is 79.9. The molecule has 1 aliphatic rings. The smallest absolute Gasteiger partial charge is 0.0429 e. The molecule has 2 aromatic carbocycles. The second-order valence-electron chi connectivity index (χ2n) is 5.28. The van der Waals surface area contributed by atoms with E-state index in [4.69, 9.17) is 0 Å². The van der Waals surface area contributed by atoms with Crippen LogP contribution in [0.3, 0.4) is 0 Å². The van der Waals surface area contributed by atoms with Crippen molar-refractivity contribution in [2.45, 2.75) is 24.6 Å². The highest BCUT2D eigenvalue weighted by Crippen LogP contribution is 2.47. The Morgan fingerprint density at radius 1 is 1.06 bits per heavy atom. The van der Waals surface area contributed by atoms with Gasteiger partial charge < -0.3 is 0 Å². The molecule has 18 heavy (non-hydrogen) atoms. The first-order valence-electron chi connectivity index (χ1n) is 6.49. The molecule has 0 N–H and O–H groups in total. The van der Waals surface area contributed by atoms with Crippen LogP contribution in [-0.2, 0) is 0 Å². The molecule has 3 rings (SSSR count). The predicted octanol–water partition coefficient (Wildman–Crippen LogP) is 6.08. The highest BCUT2D eigenvalue weighted by Gasteiger charge is 2.33. The maximum atomic E-state index is 3.92. The van der Waals surface area contributed by atoms with Crippen LogP contribution in [0.15, 0.2) is 40.9 Å². The molecule has 1 fully saturated rings. The topological polar surface area (TPSA) is 0 Å². The summed E-state index contributed by atoms with van der Waals surface area (Å²) in [6.45, 7) is 2.37. The lowest BCUT2D eigenvalue weighted by Crippen LogP contribution is -2.06. The van der Waals surface area contributed by atoms with E-state index >= 15 is 0 Å². The number of alkyl halides is 1. The van der Waals surface area contributed by atoms with Crippen LogP contribution < -0.4 is 0 Å². The highest BCUT2D eigenvalue weighted by molar-refractivity contribution is 9.10. The van der Waals surface area contributed by atoms with Crippen molar-refractivity contribution in [1.29, 1.82) is 0 Å². The number of rotatable bonds is 3. The molecule has 2 atom stereocenters. The monoisotopic (exact) mass is 366 g/mol. The standard InChI is InChI=1S/C16H16Br2/c1-10(11-6-7-11)16(18)14-8-9-15(17)13-5-3-2-4-12(13)14/h2-5,8-11,16H,6-7H2,1H3.